The fourth-order valence-corrected chi connectivity index (χ4v) is 3.09. The summed E-state index contributed by atoms with van der Waals surface area (Å²) in [5, 5.41) is 20.9. The van der Waals surface area contributed by atoms with E-state index in [4.69, 9.17) is 0 Å². The van der Waals surface area contributed by atoms with E-state index in [0.717, 1.165) is 34.4 Å². The summed E-state index contributed by atoms with van der Waals surface area (Å²) in [6, 6.07) is 16.7. The summed E-state index contributed by atoms with van der Waals surface area (Å²) in [5.41, 5.74) is 5.31. The molecule has 144 valence electrons. The van der Waals surface area contributed by atoms with Crippen LogP contribution in [0, 0.1) is 0 Å². The summed E-state index contributed by atoms with van der Waals surface area (Å²) >= 11 is 0. The molecular weight excluding hydrogens is 364 g/mol. The van der Waals surface area contributed by atoms with Crippen LogP contribution in [0.25, 0.3) is 23.1 Å². The number of benzene rings is 2. The van der Waals surface area contributed by atoms with Crippen molar-refractivity contribution < 1.29 is 9.90 Å². The van der Waals surface area contributed by atoms with Gasteiger partial charge in [-0.2, -0.15) is 5.10 Å². The summed E-state index contributed by atoms with van der Waals surface area (Å²) in [4.78, 5) is 15.8. The van der Waals surface area contributed by atoms with Gasteiger partial charge in [0.25, 0.3) is 0 Å². The van der Waals surface area contributed by atoms with Crippen LogP contribution in [0.15, 0.2) is 60.8 Å². The molecule has 4 aromatic rings. The molecule has 0 saturated heterocycles. The molecule has 0 amide bonds. The van der Waals surface area contributed by atoms with Crippen LogP contribution in [0.3, 0.4) is 0 Å². The number of pyridine rings is 1. The molecule has 2 aromatic heterocycles. The fraction of sp³-hybridized carbons (Fsp3) is 0.0870. The molecule has 0 radical (unpaired) electrons. The average Bonchev–Trinajstić information content (AvgIpc) is 3.15. The number of fused-ring (bicyclic) bond motifs is 1. The smallest absolute Gasteiger partial charge is 0.337 e. The molecule has 0 aliphatic carbocycles. The maximum absolute atomic E-state index is 11.4. The maximum Gasteiger partial charge on any atom is 0.337 e. The van der Waals surface area contributed by atoms with Crippen molar-refractivity contribution in [2.45, 2.75) is 13.3 Å². The maximum atomic E-state index is 11.4. The van der Waals surface area contributed by atoms with E-state index in [-0.39, 0.29) is 5.56 Å². The van der Waals surface area contributed by atoms with Crippen molar-refractivity contribution in [1.82, 2.24) is 15.2 Å². The molecule has 3 N–H and O–H groups in total. The lowest BCUT2D eigenvalue weighted by molar-refractivity contribution is 0.0698. The van der Waals surface area contributed by atoms with Gasteiger partial charge in [-0.15, -0.1) is 0 Å². The molecule has 0 saturated carbocycles. The Morgan fingerprint density at radius 3 is 2.76 bits per heavy atom. The topological polar surface area (TPSA) is 90.9 Å². The summed E-state index contributed by atoms with van der Waals surface area (Å²) < 4.78 is 0. The minimum atomic E-state index is -0.969. The number of anilines is 2. The number of aryl methyl sites for hydroxylation is 1. The molecule has 0 spiro atoms. The number of aromatic nitrogens is 3. The number of carbonyl (C=O) groups is 1. The van der Waals surface area contributed by atoms with Crippen LogP contribution in [-0.2, 0) is 6.42 Å². The Morgan fingerprint density at radius 1 is 1.14 bits per heavy atom. The molecule has 0 aliphatic rings. The third-order valence-corrected chi connectivity index (χ3v) is 4.70. The minimum absolute atomic E-state index is 0.224. The van der Waals surface area contributed by atoms with E-state index in [1.165, 1.54) is 5.56 Å². The van der Waals surface area contributed by atoms with Gasteiger partial charge in [-0.3, -0.25) is 10.1 Å². The van der Waals surface area contributed by atoms with Crippen LogP contribution in [-0.4, -0.2) is 26.3 Å². The van der Waals surface area contributed by atoms with Gasteiger partial charge < -0.3 is 10.4 Å². The number of H-pyrrole nitrogens is 1. The van der Waals surface area contributed by atoms with Gasteiger partial charge in [0, 0.05) is 17.3 Å². The first-order valence-electron chi connectivity index (χ1n) is 9.34. The second-order valence-corrected chi connectivity index (χ2v) is 6.62. The van der Waals surface area contributed by atoms with Crippen molar-refractivity contribution in [2.24, 2.45) is 0 Å². The van der Waals surface area contributed by atoms with Crippen molar-refractivity contribution in [3.8, 4) is 0 Å². The number of nitrogens with one attached hydrogen (secondary N) is 2. The molecule has 0 bridgehead atoms. The highest BCUT2D eigenvalue weighted by atomic mass is 16.4. The molecular formula is C23H20N4O2. The van der Waals surface area contributed by atoms with Gasteiger partial charge in [-0.05, 0) is 60.5 Å². The fourth-order valence-electron chi connectivity index (χ4n) is 3.09. The molecule has 6 nitrogen and oxygen atoms in total. The monoisotopic (exact) mass is 384 g/mol. The predicted molar refractivity (Wildman–Crippen MR) is 115 cm³/mol. The Hall–Kier alpha value is -3.93. The quantitative estimate of drug-likeness (QED) is 0.428. The minimum Gasteiger partial charge on any atom is -0.478 e. The second-order valence-electron chi connectivity index (χ2n) is 6.62. The van der Waals surface area contributed by atoms with Crippen molar-refractivity contribution >= 4 is 40.4 Å². The highest BCUT2D eigenvalue weighted by Crippen LogP contribution is 2.26. The Balaban J connectivity index is 1.57. The Labute approximate surface area is 167 Å². The molecule has 2 heterocycles. The molecule has 29 heavy (non-hydrogen) atoms. The van der Waals surface area contributed by atoms with E-state index in [0.29, 0.717) is 5.69 Å². The van der Waals surface area contributed by atoms with Gasteiger partial charge in [-0.25, -0.2) is 4.79 Å². The summed E-state index contributed by atoms with van der Waals surface area (Å²) in [6.45, 7) is 2.10. The number of para-hydroxylation sites is 1. The third kappa shape index (κ3) is 4.01. The zero-order valence-corrected chi connectivity index (χ0v) is 15.9. The number of carboxylic acid groups (broad SMARTS) is 1. The first kappa shape index (κ1) is 18.4. The van der Waals surface area contributed by atoms with Gasteiger partial charge in [0.2, 0.25) is 0 Å². The van der Waals surface area contributed by atoms with Crippen LogP contribution >= 0.6 is 0 Å². The van der Waals surface area contributed by atoms with Crippen LogP contribution < -0.4 is 5.32 Å². The summed E-state index contributed by atoms with van der Waals surface area (Å²) in [6.07, 6.45) is 6.72. The third-order valence-electron chi connectivity index (χ3n) is 4.70. The number of carboxylic acids is 1. The first-order valence-corrected chi connectivity index (χ1v) is 9.34. The predicted octanol–water partition coefficient (Wildman–Crippen LogP) is 5.13. The van der Waals surface area contributed by atoms with Gasteiger partial charge >= 0.3 is 5.97 Å². The van der Waals surface area contributed by atoms with Gasteiger partial charge in [0.15, 0.2) is 0 Å². The van der Waals surface area contributed by atoms with E-state index in [9.17, 15) is 9.90 Å². The molecule has 6 heteroatoms. The van der Waals surface area contributed by atoms with E-state index in [1.807, 2.05) is 42.6 Å². The number of rotatable bonds is 6. The standard InChI is InChI=1S/C23H20N4O2/c1-2-15-7-8-16(24-14-15)10-12-21-18-11-9-17(13-22(18)27-26-21)25-20-6-4-3-5-19(20)23(28)29/h3-14,25H,2H2,1H3,(H,26,27)(H,28,29). The molecule has 0 unspecified atom stereocenters. The van der Waals surface area contributed by atoms with Crippen molar-refractivity contribution in [3.63, 3.8) is 0 Å². The SMILES string of the molecule is CCc1ccc(C=Cc2n[nH]c3cc(Nc4ccccc4C(=O)O)ccc23)nc1. The van der Waals surface area contributed by atoms with E-state index >= 15 is 0 Å². The molecule has 4 rings (SSSR count). The summed E-state index contributed by atoms with van der Waals surface area (Å²) in [5.74, 6) is -0.969. The number of nitrogens with zero attached hydrogens (tertiary/aromatic N) is 2. The zero-order chi connectivity index (χ0) is 20.2. The van der Waals surface area contributed by atoms with Crippen molar-refractivity contribution in [1.29, 1.82) is 0 Å². The van der Waals surface area contributed by atoms with Gasteiger partial charge in [-0.1, -0.05) is 25.1 Å². The number of aromatic carboxylic acids is 1. The lowest BCUT2D eigenvalue weighted by Crippen LogP contribution is -2.02. The molecule has 2 aromatic carbocycles. The van der Waals surface area contributed by atoms with Crippen LogP contribution in [0.2, 0.25) is 0 Å². The number of hydrogen-bond donors (Lipinski definition) is 3. The average molecular weight is 384 g/mol. The number of hydrogen-bond acceptors (Lipinski definition) is 4. The Morgan fingerprint density at radius 2 is 2.00 bits per heavy atom. The van der Waals surface area contributed by atoms with Crippen LogP contribution in [0.5, 0.6) is 0 Å². The van der Waals surface area contributed by atoms with Crippen LogP contribution in [0.4, 0.5) is 11.4 Å². The molecule has 0 atom stereocenters. The Kier molecular flexibility index (Phi) is 5.07. The van der Waals surface area contributed by atoms with Crippen LogP contribution in [0.1, 0.15) is 34.2 Å². The lowest BCUT2D eigenvalue weighted by Gasteiger charge is -2.09. The molecule has 0 aliphatic heterocycles. The van der Waals surface area contributed by atoms with E-state index in [2.05, 4.69) is 33.5 Å². The first-order chi connectivity index (χ1) is 14.1. The van der Waals surface area contributed by atoms with Gasteiger partial charge in [0.05, 0.1) is 28.2 Å². The normalized spacial score (nSPS) is 11.2. The van der Waals surface area contributed by atoms with Gasteiger partial charge in [0.1, 0.15) is 0 Å². The van der Waals surface area contributed by atoms with E-state index in [1.54, 1.807) is 24.3 Å². The van der Waals surface area contributed by atoms with Crippen molar-refractivity contribution in [3.05, 3.63) is 83.3 Å². The number of aromatic amines is 1. The second kappa shape index (κ2) is 7.98. The highest BCUT2D eigenvalue weighted by molar-refractivity contribution is 5.96. The Bertz CT molecular complexity index is 1190. The van der Waals surface area contributed by atoms with Crippen molar-refractivity contribution in [2.75, 3.05) is 5.32 Å². The molecule has 0 fully saturated rings. The lowest BCUT2D eigenvalue weighted by atomic mass is 10.1. The highest BCUT2D eigenvalue weighted by Gasteiger charge is 2.10. The summed E-state index contributed by atoms with van der Waals surface area (Å²) in [7, 11) is 0. The largest absolute Gasteiger partial charge is 0.478 e. The van der Waals surface area contributed by atoms with E-state index < -0.39 is 5.97 Å². The zero-order valence-electron chi connectivity index (χ0n) is 15.9.